The minimum absolute atomic E-state index is 0.417. The van der Waals surface area contributed by atoms with Gasteiger partial charge in [0.2, 0.25) is 0 Å². The Morgan fingerprint density at radius 2 is 1.55 bits per heavy atom. The Hall–Kier alpha value is -1.85. The van der Waals surface area contributed by atoms with Gasteiger partial charge in [-0.1, -0.05) is 63.9 Å². The first kappa shape index (κ1) is 23.8. The van der Waals surface area contributed by atoms with Crippen LogP contribution in [0, 0.1) is 5.92 Å². The zero-order valence-corrected chi connectivity index (χ0v) is 20.0. The first-order valence-electron chi connectivity index (χ1n) is 11.7. The monoisotopic (exact) mass is 443 g/mol. The van der Waals surface area contributed by atoms with Gasteiger partial charge in [-0.2, -0.15) is 0 Å². The maximum Gasteiger partial charge on any atom is 0.184 e. The molecule has 2 aromatic carbocycles. The van der Waals surface area contributed by atoms with Crippen molar-refractivity contribution >= 4 is 9.84 Å². The molecular weight excluding hydrogens is 406 g/mol. The van der Waals surface area contributed by atoms with Crippen molar-refractivity contribution < 1.29 is 13.2 Å². The number of nitrogens with zero attached hydrogens (tertiary/aromatic N) is 1. The molecule has 0 radical (unpaired) electrons. The van der Waals surface area contributed by atoms with Crippen molar-refractivity contribution in [2.45, 2.75) is 69.1 Å². The average molecular weight is 444 g/mol. The summed E-state index contributed by atoms with van der Waals surface area (Å²) in [6.07, 6.45) is 4.16. The van der Waals surface area contributed by atoms with E-state index < -0.39 is 14.6 Å². The molecule has 0 aliphatic carbocycles. The molecule has 170 valence electrons. The van der Waals surface area contributed by atoms with E-state index in [2.05, 4.69) is 43.0 Å². The summed E-state index contributed by atoms with van der Waals surface area (Å²) in [6.45, 7) is 9.51. The van der Waals surface area contributed by atoms with Gasteiger partial charge in [-0.25, -0.2) is 8.42 Å². The lowest BCUT2D eigenvalue weighted by Gasteiger charge is -2.40. The maximum absolute atomic E-state index is 13.6. The number of hydrogen-bond acceptors (Lipinski definition) is 4. The Morgan fingerprint density at radius 1 is 0.935 bits per heavy atom. The minimum Gasteiger partial charge on any atom is -0.493 e. The third-order valence-corrected chi connectivity index (χ3v) is 9.73. The lowest BCUT2D eigenvalue weighted by atomic mass is 9.93. The van der Waals surface area contributed by atoms with E-state index >= 15 is 0 Å². The van der Waals surface area contributed by atoms with Crippen LogP contribution >= 0.6 is 0 Å². The van der Waals surface area contributed by atoms with Gasteiger partial charge in [0, 0.05) is 19.6 Å². The van der Waals surface area contributed by atoms with Crippen molar-refractivity contribution in [1.82, 2.24) is 4.90 Å². The molecule has 0 aromatic heterocycles. The fourth-order valence-electron chi connectivity index (χ4n) is 4.48. The molecule has 0 N–H and O–H groups in total. The highest BCUT2D eigenvalue weighted by molar-refractivity contribution is 7.92. The molecule has 1 fully saturated rings. The van der Waals surface area contributed by atoms with Crippen LogP contribution in [0.2, 0.25) is 0 Å². The molecule has 1 saturated heterocycles. The molecule has 0 bridgehead atoms. The fraction of sp³-hybridized carbons (Fsp3) is 0.538. The van der Waals surface area contributed by atoms with Gasteiger partial charge in [-0.3, -0.25) is 4.90 Å². The summed E-state index contributed by atoms with van der Waals surface area (Å²) in [7, 11) is -3.41. The number of hydrogen-bond donors (Lipinski definition) is 0. The van der Waals surface area contributed by atoms with E-state index in [-0.39, 0.29) is 0 Å². The molecule has 0 atom stereocenters. The van der Waals surface area contributed by atoms with Crippen LogP contribution in [0.1, 0.15) is 58.4 Å². The van der Waals surface area contributed by atoms with E-state index in [1.807, 2.05) is 25.1 Å². The van der Waals surface area contributed by atoms with Gasteiger partial charge in [0.05, 0.1) is 16.2 Å². The van der Waals surface area contributed by atoms with E-state index in [0.29, 0.717) is 36.7 Å². The molecule has 1 aliphatic rings. The molecule has 3 rings (SSSR count). The second kappa shape index (κ2) is 10.6. The quantitative estimate of drug-likeness (QED) is 0.471. The van der Waals surface area contributed by atoms with Crippen LogP contribution in [0.25, 0.3) is 0 Å². The van der Waals surface area contributed by atoms with Crippen molar-refractivity contribution in [3.05, 3.63) is 60.2 Å². The maximum atomic E-state index is 13.6. The van der Waals surface area contributed by atoms with E-state index in [1.165, 1.54) is 5.56 Å². The summed E-state index contributed by atoms with van der Waals surface area (Å²) < 4.78 is 32.4. The van der Waals surface area contributed by atoms with Crippen LogP contribution in [0.5, 0.6) is 5.75 Å². The van der Waals surface area contributed by atoms with Crippen LogP contribution in [-0.2, 0) is 16.4 Å². The Morgan fingerprint density at radius 3 is 2.10 bits per heavy atom. The molecular formula is C26H37NO3S. The molecule has 31 heavy (non-hydrogen) atoms. The predicted molar refractivity (Wildman–Crippen MR) is 127 cm³/mol. The van der Waals surface area contributed by atoms with Gasteiger partial charge in [0.15, 0.2) is 9.84 Å². The summed E-state index contributed by atoms with van der Waals surface area (Å²) in [5.74, 6) is 1.28. The Bertz CT molecular complexity index is 897. The predicted octanol–water partition coefficient (Wildman–Crippen LogP) is 5.72. The van der Waals surface area contributed by atoms with E-state index in [9.17, 15) is 8.42 Å². The summed E-state index contributed by atoms with van der Waals surface area (Å²) in [5, 5.41) is 0. The second-order valence-corrected chi connectivity index (χ2v) is 11.1. The lowest BCUT2D eigenvalue weighted by molar-refractivity contribution is 0.185. The number of rotatable bonds is 10. The average Bonchev–Trinajstić information content (AvgIpc) is 2.81. The molecule has 0 amide bonds. The molecule has 1 aliphatic heterocycles. The Balaban J connectivity index is 1.66. The number of likely N-dealkylation sites (tertiary alicyclic amines) is 1. The van der Waals surface area contributed by atoms with Crippen LogP contribution in [0.4, 0.5) is 0 Å². The van der Waals surface area contributed by atoms with Gasteiger partial charge in [0.25, 0.3) is 0 Å². The standard InChI is InChI=1S/C26H37NO3S/c1-4-22(5-2)21-30-24-12-14-25(15-13-24)31(28,29)26(6-3)16-18-27(19-17-26)20-23-10-8-7-9-11-23/h7-15,22H,4-6,16-21H2,1-3H3. The van der Waals surface area contributed by atoms with Gasteiger partial charge in [-0.15, -0.1) is 0 Å². The largest absolute Gasteiger partial charge is 0.493 e. The number of benzene rings is 2. The number of sulfone groups is 1. The van der Waals surface area contributed by atoms with E-state index in [1.54, 1.807) is 12.1 Å². The molecule has 1 heterocycles. The third kappa shape index (κ3) is 5.50. The molecule has 0 spiro atoms. The summed E-state index contributed by atoms with van der Waals surface area (Å²) in [4.78, 5) is 2.79. The fourth-order valence-corrected chi connectivity index (χ4v) is 6.57. The van der Waals surface area contributed by atoms with Gasteiger partial charge >= 0.3 is 0 Å². The number of ether oxygens (including phenoxy) is 1. The van der Waals surface area contributed by atoms with Gasteiger partial charge in [0.1, 0.15) is 5.75 Å². The van der Waals surface area contributed by atoms with Crippen molar-refractivity contribution in [2.24, 2.45) is 5.92 Å². The first-order valence-corrected chi connectivity index (χ1v) is 13.2. The zero-order chi connectivity index (χ0) is 22.3. The SMILES string of the molecule is CCC(CC)COc1ccc(S(=O)(=O)C2(CC)CCN(Cc3ccccc3)CC2)cc1. The minimum atomic E-state index is -3.41. The number of piperidine rings is 1. The molecule has 0 unspecified atom stereocenters. The third-order valence-electron chi connectivity index (χ3n) is 7.01. The van der Waals surface area contributed by atoms with Crippen molar-refractivity contribution in [3.63, 3.8) is 0 Å². The van der Waals surface area contributed by atoms with Crippen LogP contribution in [0.15, 0.2) is 59.5 Å². The van der Waals surface area contributed by atoms with Gasteiger partial charge in [-0.05, 0) is 55.0 Å². The molecule has 2 aromatic rings. The second-order valence-electron chi connectivity index (χ2n) is 8.77. The van der Waals surface area contributed by atoms with Crippen LogP contribution < -0.4 is 4.74 Å². The highest BCUT2D eigenvalue weighted by atomic mass is 32.2. The van der Waals surface area contributed by atoms with Crippen molar-refractivity contribution in [1.29, 1.82) is 0 Å². The van der Waals surface area contributed by atoms with Gasteiger partial charge < -0.3 is 4.74 Å². The lowest BCUT2D eigenvalue weighted by Crippen LogP contribution is -2.48. The normalized spacial score (nSPS) is 17.0. The Kier molecular flexibility index (Phi) is 8.17. The van der Waals surface area contributed by atoms with Crippen molar-refractivity contribution in [3.8, 4) is 5.75 Å². The van der Waals surface area contributed by atoms with E-state index in [0.717, 1.165) is 38.2 Å². The first-order chi connectivity index (χ1) is 14.9. The highest BCUT2D eigenvalue weighted by Gasteiger charge is 2.45. The van der Waals surface area contributed by atoms with Crippen molar-refractivity contribution in [2.75, 3.05) is 19.7 Å². The summed E-state index contributed by atoms with van der Waals surface area (Å²) >= 11 is 0. The zero-order valence-electron chi connectivity index (χ0n) is 19.2. The van der Waals surface area contributed by atoms with Crippen LogP contribution in [-0.4, -0.2) is 37.8 Å². The van der Waals surface area contributed by atoms with Crippen LogP contribution in [0.3, 0.4) is 0 Å². The van der Waals surface area contributed by atoms with E-state index in [4.69, 9.17) is 4.74 Å². The molecule has 5 heteroatoms. The summed E-state index contributed by atoms with van der Waals surface area (Å²) in [5.41, 5.74) is 1.28. The molecule has 0 saturated carbocycles. The highest BCUT2D eigenvalue weighted by Crippen LogP contribution is 2.39. The molecule has 4 nitrogen and oxygen atoms in total. The summed E-state index contributed by atoms with van der Waals surface area (Å²) in [6, 6.07) is 17.5. The Labute approximate surface area is 188 Å². The smallest absolute Gasteiger partial charge is 0.184 e. The topological polar surface area (TPSA) is 46.6 Å².